The molecule has 1 aromatic heterocycles. The molecule has 0 saturated carbocycles. The Morgan fingerprint density at radius 2 is 1.73 bits per heavy atom. The van der Waals surface area contributed by atoms with Crippen LogP contribution in [0.4, 0.5) is 13.2 Å². The lowest BCUT2D eigenvalue weighted by Gasteiger charge is -2.26. The second-order valence-electron chi connectivity index (χ2n) is 9.56. The zero-order valence-corrected chi connectivity index (χ0v) is 27.9. The van der Waals surface area contributed by atoms with E-state index in [0.717, 1.165) is 21.5 Å². The Kier molecular flexibility index (Phi) is 9.97. The number of aromatic nitrogens is 1. The Labute approximate surface area is 282 Å². The maximum Gasteiger partial charge on any atom is 0.434 e. The summed E-state index contributed by atoms with van der Waals surface area (Å²) >= 11 is 14.8. The first kappa shape index (κ1) is 33.0. The number of allylic oxidation sites excluding steroid dienone is 1. The molecular formula is C31H22Cl2F3IN2O5S. The number of carbonyl (C=O) groups is 1. The van der Waals surface area contributed by atoms with E-state index in [1.165, 1.54) is 44.4 Å². The minimum absolute atomic E-state index is 0.0898. The molecule has 45 heavy (non-hydrogen) atoms. The van der Waals surface area contributed by atoms with E-state index in [1.807, 2.05) is 12.1 Å². The van der Waals surface area contributed by atoms with Gasteiger partial charge in [0.2, 0.25) is 0 Å². The third kappa shape index (κ3) is 7.08. The number of esters is 1. The SMILES string of the molecule is CCOC(=O)C1=C(C(F)(F)F)N=c2s/c(=C\c3cc(I)c(OCc4ccc(Cl)cc4)c(OC)c3)c(=O)n2[C@@H]1c1ccc(Cl)cc1. The zero-order chi connectivity index (χ0) is 32.5. The molecular weight excluding hydrogens is 767 g/mol. The van der Waals surface area contributed by atoms with Crippen molar-refractivity contribution >= 4 is 69.2 Å². The van der Waals surface area contributed by atoms with Crippen LogP contribution < -0.4 is 24.4 Å². The van der Waals surface area contributed by atoms with Gasteiger partial charge in [0.1, 0.15) is 6.61 Å². The fourth-order valence-corrected chi connectivity index (χ4v) is 6.69. The summed E-state index contributed by atoms with van der Waals surface area (Å²) in [5.74, 6) is -0.363. The number of hydrogen-bond acceptors (Lipinski definition) is 7. The number of hydrogen-bond donors (Lipinski definition) is 0. The molecule has 0 saturated heterocycles. The van der Waals surface area contributed by atoms with Crippen molar-refractivity contribution in [2.24, 2.45) is 4.99 Å². The van der Waals surface area contributed by atoms with Crippen molar-refractivity contribution in [3.63, 3.8) is 0 Å². The van der Waals surface area contributed by atoms with Gasteiger partial charge in [0.15, 0.2) is 22.0 Å². The summed E-state index contributed by atoms with van der Waals surface area (Å²) in [6.45, 7) is 1.55. The van der Waals surface area contributed by atoms with Crippen LogP contribution in [0, 0.1) is 3.57 Å². The van der Waals surface area contributed by atoms with Crippen LogP contribution in [0.5, 0.6) is 11.5 Å². The number of fused-ring (bicyclic) bond motifs is 1. The fraction of sp³-hybridized carbons (Fsp3) is 0.194. The summed E-state index contributed by atoms with van der Waals surface area (Å²) in [5, 5.41) is 0.930. The van der Waals surface area contributed by atoms with E-state index < -0.39 is 35.0 Å². The standard InChI is InChI=1S/C31H22Cl2F3IN2O5S/c1-3-43-29(41)24-25(18-6-10-20(33)11-7-18)39-28(40)23(45-30(39)38-27(24)31(34,35)36)14-17-12-21(37)26(22(13-17)42-2)44-15-16-4-8-19(32)9-5-16/h4-14,25H,3,15H2,1-2H3/b23-14-/t25-/m1/s1. The lowest BCUT2D eigenvalue weighted by Crippen LogP contribution is -2.41. The number of ether oxygens (including phenoxy) is 3. The second kappa shape index (κ2) is 13.6. The van der Waals surface area contributed by atoms with E-state index in [9.17, 15) is 22.8 Å². The molecule has 0 fully saturated rings. The third-order valence-corrected chi connectivity index (χ3v) is 8.91. The van der Waals surface area contributed by atoms with Crippen LogP contribution in [-0.4, -0.2) is 30.4 Å². The minimum Gasteiger partial charge on any atom is -0.493 e. The van der Waals surface area contributed by atoms with Crippen molar-refractivity contribution in [3.05, 3.63) is 122 Å². The van der Waals surface area contributed by atoms with Gasteiger partial charge in [-0.2, -0.15) is 13.2 Å². The topological polar surface area (TPSA) is 79.1 Å². The van der Waals surface area contributed by atoms with Crippen LogP contribution >= 0.6 is 57.1 Å². The zero-order valence-electron chi connectivity index (χ0n) is 23.5. The predicted octanol–water partition coefficient (Wildman–Crippen LogP) is 6.84. The molecule has 0 spiro atoms. The highest BCUT2D eigenvalue weighted by atomic mass is 127. The molecule has 5 rings (SSSR count). The first-order chi connectivity index (χ1) is 21.4. The highest BCUT2D eigenvalue weighted by molar-refractivity contribution is 14.1. The maximum absolute atomic E-state index is 14.3. The van der Waals surface area contributed by atoms with Crippen molar-refractivity contribution < 1.29 is 32.2 Å². The van der Waals surface area contributed by atoms with Crippen molar-refractivity contribution in [2.75, 3.05) is 13.7 Å². The van der Waals surface area contributed by atoms with E-state index in [2.05, 4.69) is 27.6 Å². The molecule has 2 heterocycles. The molecule has 7 nitrogen and oxygen atoms in total. The van der Waals surface area contributed by atoms with Gasteiger partial charge < -0.3 is 14.2 Å². The van der Waals surface area contributed by atoms with E-state index >= 15 is 0 Å². The normalized spacial score (nSPS) is 15.0. The van der Waals surface area contributed by atoms with Gasteiger partial charge in [-0.25, -0.2) is 9.79 Å². The number of nitrogens with zero attached hydrogens (tertiary/aromatic N) is 2. The van der Waals surface area contributed by atoms with E-state index in [1.54, 1.807) is 24.3 Å². The third-order valence-electron chi connectivity index (χ3n) is 6.63. The number of halogens is 6. The molecule has 4 aromatic rings. The molecule has 234 valence electrons. The molecule has 1 atom stereocenters. The summed E-state index contributed by atoms with van der Waals surface area (Å²) in [7, 11) is 1.47. The van der Waals surface area contributed by atoms with Crippen LogP contribution in [0.25, 0.3) is 6.08 Å². The molecule has 14 heteroatoms. The largest absolute Gasteiger partial charge is 0.493 e. The van der Waals surface area contributed by atoms with E-state index in [4.69, 9.17) is 37.4 Å². The van der Waals surface area contributed by atoms with Crippen LogP contribution in [0.15, 0.2) is 81.7 Å². The predicted molar refractivity (Wildman–Crippen MR) is 174 cm³/mol. The summed E-state index contributed by atoms with van der Waals surface area (Å²) in [6, 6.07) is 15.0. The molecule has 3 aromatic carbocycles. The van der Waals surface area contributed by atoms with Crippen molar-refractivity contribution in [1.82, 2.24) is 4.57 Å². The van der Waals surface area contributed by atoms with Gasteiger partial charge in [0.05, 0.1) is 33.4 Å². The van der Waals surface area contributed by atoms with Gasteiger partial charge in [-0.15, -0.1) is 0 Å². The molecule has 0 aliphatic carbocycles. The molecule has 0 radical (unpaired) electrons. The van der Waals surface area contributed by atoms with E-state index in [0.29, 0.717) is 30.7 Å². The summed E-state index contributed by atoms with van der Waals surface area (Å²) in [6.07, 6.45) is -3.48. The Morgan fingerprint density at radius 1 is 1.09 bits per heavy atom. The van der Waals surface area contributed by atoms with E-state index in [-0.39, 0.29) is 28.1 Å². The fourth-order valence-electron chi connectivity index (χ4n) is 4.65. The number of thiazole rings is 1. The lowest BCUT2D eigenvalue weighted by molar-refractivity contribution is -0.140. The number of carbonyl (C=O) groups excluding carboxylic acids is 1. The number of rotatable bonds is 8. The molecule has 0 N–H and O–H groups in total. The first-order valence-corrected chi connectivity index (χ1v) is 15.9. The average molecular weight is 789 g/mol. The molecule has 0 bridgehead atoms. The van der Waals surface area contributed by atoms with Crippen LogP contribution in [0.1, 0.15) is 29.7 Å². The maximum atomic E-state index is 14.3. The molecule has 1 aliphatic rings. The van der Waals surface area contributed by atoms with Crippen LogP contribution in [-0.2, 0) is 16.1 Å². The number of benzene rings is 3. The quantitative estimate of drug-likeness (QED) is 0.145. The van der Waals surface area contributed by atoms with Crippen LogP contribution in [0.3, 0.4) is 0 Å². The van der Waals surface area contributed by atoms with Crippen molar-refractivity contribution in [2.45, 2.75) is 25.7 Å². The molecule has 1 aliphatic heterocycles. The van der Waals surface area contributed by atoms with Gasteiger partial charge in [-0.1, -0.05) is 58.8 Å². The van der Waals surface area contributed by atoms with Gasteiger partial charge >= 0.3 is 12.1 Å². The smallest absolute Gasteiger partial charge is 0.434 e. The van der Waals surface area contributed by atoms with Gasteiger partial charge in [-0.3, -0.25) is 9.36 Å². The summed E-state index contributed by atoms with van der Waals surface area (Å²) in [4.78, 5) is 30.4. The minimum atomic E-state index is -5.01. The monoisotopic (exact) mass is 788 g/mol. The molecule has 0 unspecified atom stereocenters. The molecule has 0 amide bonds. The lowest BCUT2D eigenvalue weighted by atomic mass is 9.95. The Bertz CT molecular complexity index is 1970. The Hall–Kier alpha value is -3.33. The van der Waals surface area contributed by atoms with Crippen molar-refractivity contribution in [1.29, 1.82) is 0 Å². The first-order valence-electron chi connectivity index (χ1n) is 13.2. The Morgan fingerprint density at radius 3 is 2.33 bits per heavy atom. The van der Waals surface area contributed by atoms with Gasteiger partial charge in [-0.05, 0) is 88.7 Å². The summed E-state index contributed by atoms with van der Waals surface area (Å²) < 4.78 is 61.5. The van der Waals surface area contributed by atoms with Gasteiger partial charge in [0, 0.05) is 10.0 Å². The highest BCUT2D eigenvalue weighted by Crippen LogP contribution is 2.39. The van der Waals surface area contributed by atoms with Crippen molar-refractivity contribution in [3.8, 4) is 11.5 Å². The number of methoxy groups -OCH3 is 1. The average Bonchev–Trinajstić information content (AvgIpc) is 3.30. The number of alkyl halides is 3. The highest BCUT2D eigenvalue weighted by Gasteiger charge is 2.45. The second-order valence-corrected chi connectivity index (χ2v) is 12.6. The summed E-state index contributed by atoms with van der Waals surface area (Å²) in [5.41, 5.74) is -1.21. The van der Waals surface area contributed by atoms with Crippen LogP contribution in [0.2, 0.25) is 10.0 Å². The Balaban J connectivity index is 1.63. The van der Waals surface area contributed by atoms with Gasteiger partial charge in [0.25, 0.3) is 5.56 Å².